The van der Waals surface area contributed by atoms with Crippen molar-refractivity contribution in [2.24, 2.45) is 45.2 Å². The van der Waals surface area contributed by atoms with Gasteiger partial charge in [0.25, 0.3) is 0 Å². The molecule has 0 bridgehead atoms. The van der Waals surface area contributed by atoms with Crippen molar-refractivity contribution in [3.8, 4) is 6.07 Å². The quantitative estimate of drug-likeness (QED) is 0.326. The molecule has 3 N–H and O–H groups in total. The zero-order valence-corrected chi connectivity index (χ0v) is 26.2. The van der Waals surface area contributed by atoms with Crippen LogP contribution < -0.4 is 5.73 Å². The first-order valence-electron chi connectivity index (χ1n) is 15.1. The Kier molecular flexibility index (Phi) is 7.98. The summed E-state index contributed by atoms with van der Waals surface area (Å²) >= 11 is 0.848. The van der Waals surface area contributed by atoms with Crippen molar-refractivity contribution in [1.29, 1.82) is 5.26 Å². The minimum absolute atomic E-state index is 0.0242. The molecule has 0 radical (unpaired) electrons. The summed E-state index contributed by atoms with van der Waals surface area (Å²) in [6, 6.07) is 4.84. The van der Waals surface area contributed by atoms with Crippen molar-refractivity contribution >= 4 is 34.2 Å². The number of hydrogen-bond donors (Lipinski definition) is 2. The molecule has 2 heterocycles. The number of aliphatic imine (C=N–C) groups is 1. The van der Waals surface area contributed by atoms with Crippen LogP contribution in [0.1, 0.15) is 63.4 Å². The normalized spacial score (nSPS) is 37.2. The number of hydrogen-bond acceptors (Lipinski definition) is 11. The van der Waals surface area contributed by atoms with Gasteiger partial charge < -0.3 is 20.0 Å². The number of nitrogens with zero attached hydrogens (tertiary/aromatic N) is 4. The number of ether oxygens (including phenoxy) is 1. The van der Waals surface area contributed by atoms with Gasteiger partial charge in [0.15, 0.2) is 17.7 Å². The summed E-state index contributed by atoms with van der Waals surface area (Å²) in [6.07, 6.45) is 8.96. The van der Waals surface area contributed by atoms with Gasteiger partial charge >= 0.3 is 5.97 Å². The number of oxazole rings is 1. The minimum atomic E-state index is -1.54. The third-order valence-electron chi connectivity index (χ3n) is 11.0. The predicted octanol–water partition coefficient (Wildman–Crippen LogP) is 5.29. The first kappa shape index (κ1) is 31.2. The Balaban J connectivity index is 1.38. The maximum Gasteiger partial charge on any atom is 0.361 e. The number of nitriles is 1. The number of pyridine rings is 1. The van der Waals surface area contributed by atoms with Gasteiger partial charge in [-0.1, -0.05) is 38.1 Å². The molecule has 0 amide bonds. The first-order valence-corrected chi connectivity index (χ1v) is 16.1. The number of aliphatic hydroxyl groups excluding tert-OH is 1. The van der Waals surface area contributed by atoms with Gasteiger partial charge in [0.1, 0.15) is 6.26 Å². The molecular formula is C33H36FN5O5S. The maximum atomic E-state index is 13.9. The average Bonchev–Trinajstić information content (AvgIpc) is 3.64. The average molecular weight is 634 g/mol. The molecule has 45 heavy (non-hydrogen) atoms. The number of aromatic nitrogens is 2. The van der Waals surface area contributed by atoms with Gasteiger partial charge in [0, 0.05) is 5.41 Å². The minimum Gasteiger partial charge on any atom is -0.451 e. The fourth-order valence-corrected chi connectivity index (χ4v) is 10.0. The fourth-order valence-electron chi connectivity index (χ4n) is 9.22. The summed E-state index contributed by atoms with van der Waals surface area (Å²) in [6.45, 7) is 6.31. The van der Waals surface area contributed by atoms with Crippen LogP contribution in [-0.2, 0) is 9.53 Å². The third kappa shape index (κ3) is 4.91. The smallest absolute Gasteiger partial charge is 0.361 e. The number of carbonyl (C=O) groups excluding carboxylic acids is 2. The van der Waals surface area contributed by atoms with E-state index in [-0.39, 0.29) is 53.1 Å². The summed E-state index contributed by atoms with van der Waals surface area (Å²) in [5.41, 5.74) is 6.45. The van der Waals surface area contributed by atoms with Crippen LogP contribution in [-0.4, -0.2) is 49.3 Å². The highest BCUT2D eigenvalue weighted by atomic mass is 32.2. The molecule has 4 aliphatic carbocycles. The van der Waals surface area contributed by atoms with Gasteiger partial charge in [-0.2, -0.15) is 9.65 Å². The first-order chi connectivity index (χ1) is 21.5. The SMILES string of the molecule is C[C@H]1C[C@@H]2C(C(O)C[C@@]3(C)C2CC[C@]3(OC(=O)c2cocn2)C(=O)SCC#N)[C@@]2(C)CC(=CN)C(=Nc3ccc(F)nc3)C=C12. The highest BCUT2D eigenvalue weighted by molar-refractivity contribution is 8.14. The van der Waals surface area contributed by atoms with Crippen LogP contribution in [0.25, 0.3) is 0 Å². The van der Waals surface area contributed by atoms with Gasteiger partial charge in [-0.3, -0.25) is 4.79 Å². The molecule has 2 aromatic rings. The summed E-state index contributed by atoms with van der Waals surface area (Å²) in [7, 11) is 0. The van der Waals surface area contributed by atoms with Crippen LogP contribution in [0.2, 0.25) is 0 Å². The van der Waals surface area contributed by atoms with Crippen LogP contribution in [0.4, 0.5) is 10.1 Å². The summed E-state index contributed by atoms with van der Waals surface area (Å²) in [4.78, 5) is 39.6. The van der Waals surface area contributed by atoms with Crippen LogP contribution in [0, 0.1) is 51.8 Å². The Bertz CT molecular complexity index is 1640. The number of rotatable bonds is 5. The predicted molar refractivity (Wildman–Crippen MR) is 164 cm³/mol. The van der Waals surface area contributed by atoms with Crippen molar-refractivity contribution in [2.45, 2.75) is 64.6 Å². The Morgan fingerprint density at radius 1 is 1.36 bits per heavy atom. The third-order valence-corrected chi connectivity index (χ3v) is 11.8. The van der Waals surface area contributed by atoms with E-state index in [1.54, 1.807) is 12.3 Å². The lowest BCUT2D eigenvalue weighted by Gasteiger charge is -2.62. The number of carbonyl (C=O) groups is 2. The fraction of sp³-hybridized carbons (Fsp3) is 0.515. The number of aliphatic hydroxyl groups is 1. The number of fused-ring (bicyclic) bond motifs is 5. The molecule has 2 aromatic heterocycles. The van der Waals surface area contributed by atoms with E-state index >= 15 is 0 Å². The van der Waals surface area contributed by atoms with E-state index in [1.807, 2.05) is 13.0 Å². The largest absolute Gasteiger partial charge is 0.451 e. The maximum absolute atomic E-state index is 13.9. The number of halogens is 1. The van der Waals surface area contributed by atoms with Crippen molar-refractivity contribution in [1.82, 2.24) is 9.97 Å². The Labute approximate surface area is 265 Å². The van der Waals surface area contributed by atoms with E-state index in [0.717, 1.165) is 30.1 Å². The monoisotopic (exact) mass is 633 g/mol. The lowest BCUT2D eigenvalue weighted by Crippen LogP contribution is -2.63. The number of allylic oxidation sites excluding steroid dienone is 3. The standard InChI is InChI=1S/C33H36FN5O5S/c1-18-10-21-22-6-7-33(30(42)45-9-8-35,44-29(41)25-16-43-17-38-25)32(22,3)13-26(40)28(21)31(2)12-19(14-36)24(11-23(18)31)39-20-4-5-27(34)37-15-20/h4-5,11,14-18,21-22,26,28,40H,6-7,9-10,12-13,36H2,1-3H3/t18-,21-,22?,26?,28?,31-,32-,33-/m0/s1. The molecule has 10 nitrogen and oxygen atoms in total. The van der Waals surface area contributed by atoms with E-state index in [9.17, 15) is 24.3 Å². The van der Waals surface area contributed by atoms with Crippen molar-refractivity contribution in [3.05, 3.63) is 66.1 Å². The van der Waals surface area contributed by atoms with Gasteiger partial charge in [0.05, 0.1) is 35.5 Å². The molecule has 3 fully saturated rings. The zero-order valence-electron chi connectivity index (χ0n) is 25.4. The Hall–Kier alpha value is -3.82. The van der Waals surface area contributed by atoms with Crippen LogP contribution in [0.15, 0.2) is 63.8 Å². The second kappa shape index (κ2) is 11.5. The summed E-state index contributed by atoms with van der Waals surface area (Å²) < 4.78 is 24.6. The Morgan fingerprint density at radius 3 is 2.82 bits per heavy atom. The topological polar surface area (TPSA) is 165 Å². The molecule has 6 rings (SSSR count). The summed E-state index contributed by atoms with van der Waals surface area (Å²) in [5, 5.41) is 21.0. The van der Waals surface area contributed by atoms with Crippen LogP contribution in [0.3, 0.4) is 0 Å². The van der Waals surface area contributed by atoms with E-state index in [2.05, 4.69) is 29.9 Å². The number of esters is 1. The molecule has 12 heteroatoms. The molecule has 0 aromatic carbocycles. The van der Waals surface area contributed by atoms with Crippen LogP contribution >= 0.6 is 11.8 Å². The second-order valence-electron chi connectivity index (χ2n) is 13.2. The van der Waals surface area contributed by atoms with Crippen LogP contribution in [0.5, 0.6) is 0 Å². The van der Waals surface area contributed by atoms with Crippen molar-refractivity contribution < 1.29 is 28.2 Å². The lowest BCUT2D eigenvalue weighted by molar-refractivity contribution is -0.177. The van der Waals surface area contributed by atoms with Gasteiger partial charge in [-0.15, -0.1) is 0 Å². The van der Waals surface area contributed by atoms with Crippen molar-refractivity contribution in [3.63, 3.8) is 0 Å². The van der Waals surface area contributed by atoms with E-state index in [4.69, 9.17) is 19.9 Å². The lowest BCUT2D eigenvalue weighted by atomic mass is 9.44. The van der Waals surface area contributed by atoms with Gasteiger partial charge in [-0.05, 0) is 91.2 Å². The highest BCUT2D eigenvalue weighted by Crippen LogP contribution is 2.69. The highest BCUT2D eigenvalue weighted by Gasteiger charge is 2.71. The van der Waals surface area contributed by atoms with Crippen molar-refractivity contribution in [2.75, 3.05) is 5.75 Å². The number of nitrogens with two attached hydrogens (primary N) is 1. The number of thioether (sulfide) groups is 1. The zero-order chi connectivity index (χ0) is 32.1. The Morgan fingerprint density at radius 2 is 2.16 bits per heavy atom. The van der Waals surface area contributed by atoms with E-state index in [1.165, 1.54) is 24.1 Å². The molecular weight excluding hydrogens is 597 g/mol. The molecule has 8 atom stereocenters. The molecule has 0 saturated heterocycles. The molecule has 4 aliphatic rings. The summed E-state index contributed by atoms with van der Waals surface area (Å²) in [5.74, 6) is -1.46. The van der Waals surface area contributed by atoms with Gasteiger partial charge in [-0.25, -0.2) is 19.8 Å². The molecule has 3 saturated carbocycles. The second-order valence-corrected chi connectivity index (χ2v) is 14.2. The molecule has 3 unspecified atom stereocenters. The van der Waals surface area contributed by atoms with E-state index in [0.29, 0.717) is 24.2 Å². The molecule has 0 aliphatic heterocycles. The van der Waals surface area contributed by atoms with E-state index < -0.39 is 34.5 Å². The molecule has 0 spiro atoms. The van der Waals surface area contributed by atoms with Gasteiger partial charge in [0.2, 0.25) is 11.1 Å². The molecule has 236 valence electrons.